The molecule has 25 heavy (non-hydrogen) atoms. The lowest BCUT2D eigenvalue weighted by Crippen LogP contribution is -2.45. The van der Waals surface area contributed by atoms with E-state index in [0.717, 1.165) is 5.56 Å². The summed E-state index contributed by atoms with van der Waals surface area (Å²) < 4.78 is 0. The molecule has 1 atom stereocenters. The molecule has 0 spiro atoms. The second-order valence-corrected chi connectivity index (χ2v) is 6.86. The Bertz CT molecular complexity index is 848. The maximum atomic E-state index is 12.9. The molecule has 128 valence electrons. The Morgan fingerprint density at radius 1 is 1.04 bits per heavy atom. The highest BCUT2D eigenvalue weighted by molar-refractivity contribution is 7.80. The van der Waals surface area contributed by atoms with Crippen LogP contribution in [0.15, 0.2) is 59.8 Å². The number of rotatable bonds is 3. The van der Waals surface area contributed by atoms with E-state index in [2.05, 4.69) is 16.0 Å². The molecular formula is C18H15Cl2N3OS. The number of hydrogen-bond donors (Lipinski definition) is 3. The minimum atomic E-state index is -0.363. The Morgan fingerprint density at radius 3 is 2.20 bits per heavy atom. The lowest BCUT2D eigenvalue weighted by atomic mass is 9.95. The predicted octanol–water partition coefficient (Wildman–Crippen LogP) is 4.42. The Labute approximate surface area is 161 Å². The topological polar surface area (TPSA) is 53.2 Å². The number of amides is 1. The van der Waals surface area contributed by atoms with E-state index in [9.17, 15) is 4.79 Å². The van der Waals surface area contributed by atoms with Gasteiger partial charge in [-0.1, -0.05) is 35.3 Å². The van der Waals surface area contributed by atoms with E-state index in [0.29, 0.717) is 32.1 Å². The van der Waals surface area contributed by atoms with Crippen molar-refractivity contribution < 1.29 is 4.79 Å². The van der Waals surface area contributed by atoms with Crippen molar-refractivity contribution in [2.45, 2.75) is 13.0 Å². The lowest BCUT2D eigenvalue weighted by molar-refractivity contribution is -0.113. The zero-order valence-electron chi connectivity index (χ0n) is 13.3. The van der Waals surface area contributed by atoms with Gasteiger partial charge in [-0.3, -0.25) is 4.79 Å². The smallest absolute Gasteiger partial charge is 0.255 e. The Balaban J connectivity index is 1.92. The van der Waals surface area contributed by atoms with E-state index in [4.69, 9.17) is 35.4 Å². The number of carbonyl (C=O) groups excluding carboxylic acids is 1. The summed E-state index contributed by atoms with van der Waals surface area (Å²) in [6.45, 7) is 1.83. The van der Waals surface area contributed by atoms with Crippen LogP contribution in [-0.4, -0.2) is 11.0 Å². The summed E-state index contributed by atoms with van der Waals surface area (Å²) in [5.74, 6) is -0.220. The van der Waals surface area contributed by atoms with Gasteiger partial charge in [0.05, 0.1) is 11.6 Å². The highest BCUT2D eigenvalue weighted by Gasteiger charge is 2.29. The summed E-state index contributed by atoms with van der Waals surface area (Å²) in [6, 6.07) is 13.9. The Hall–Kier alpha value is -2.08. The van der Waals surface area contributed by atoms with Crippen LogP contribution in [-0.2, 0) is 4.79 Å². The van der Waals surface area contributed by atoms with Gasteiger partial charge in [-0.15, -0.1) is 0 Å². The zero-order chi connectivity index (χ0) is 18.0. The molecule has 1 amide bonds. The van der Waals surface area contributed by atoms with Crippen LogP contribution in [0.4, 0.5) is 5.69 Å². The fourth-order valence-electron chi connectivity index (χ4n) is 2.63. The normalized spacial score (nSPS) is 16.9. The SMILES string of the molecule is CC1=C(C(=O)Nc2ccc(Cl)cc2)[C@@H](c2ccc(Cl)cc2)NC(=S)N1. The molecule has 3 rings (SSSR count). The average Bonchev–Trinajstić information content (AvgIpc) is 2.57. The first-order valence-electron chi connectivity index (χ1n) is 7.54. The molecule has 1 heterocycles. The average molecular weight is 392 g/mol. The van der Waals surface area contributed by atoms with Crippen molar-refractivity contribution in [1.82, 2.24) is 10.6 Å². The van der Waals surface area contributed by atoms with Gasteiger partial charge in [-0.05, 0) is 61.1 Å². The van der Waals surface area contributed by atoms with Gasteiger partial charge < -0.3 is 16.0 Å². The summed E-state index contributed by atoms with van der Waals surface area (Å²) in [5, 5.41) is 10.8. The van der Waals surface area contributed by atoms with E-state index in [1.807, 2.05) is 19.1 Å². The fourth-order valence-corrected chi connectivity index (χ4v) is 3.15. The predicted molar refractivity (Wildman–Crippen MR) is 106 cm³/mol. The van der Waals surface area contributed by atoms with Gasteiger partial charge in [-0.2, -0.15) is 0 Å². The van der Waals surface area contributed by atoms with Gasteiger partial charge in [-0.25, -0.2) is 0 Å². The highest BCUT2D eigenvalue weighted by atomic mass is 35.5. The molecule has 0 bridgehead atoms. The van der Waals surface area contributed by atoms with Crippen LogP contribution >= 0.6 is 35.4 Å². The first-order chi connectivity index (χ1) is 11.9. The van der Waals surface area contributed by atoms with Crippen LogP contribution in [0.3, 0.4) is 0 Å². The van der Waals surface area contributed by atoms with Crippen molar-refractivity contribution in [1.29, 1.82) is 0 Å². The second-order valence-electron chi connectivity index (χ2n) is 5.58. The number of thiocarbonyl (C=S) groups is 1. The zero-order valence-corrected chi connectivity index (χ0v) is 15.6. The van der Waals surface area contributed by atoms with Crippen LogP contribution in [0.25, 0.3) is 0 Å². The maximum absolute atomic E-state index is 12.9. The van der Waals surface area contributed by atoms with Crippen LogP contribution in [0.5, 0.6) is 0 Å². The largest absolute Gasteiger partial charge is 0.351 e. The van der Waals surface area contributed by atoms with Crippen molar-refractivity contribution in [2.24, 2.45) is 0 Å². The fraction of sp³-hybridized carbons (Fsp3) is 0.111. The third kappa shape index (κ3) is 4.12. The molecule has 0 saturated carbocycles. The molecule has 0 fully saturated rings. The third-order valence-electron chi connectivity index (χ3n) is 3.82. The minimum Gasteiger partial charge on any atom is -0.351 e. The lowest BCUT2D eigenvalue weighted by Gasteiger charge is -2.30. The monoisotopic (exact) mass is 391 g/mol. The summed E-state index contributed by atoms with van der Waals surface area (Å²) >= 11 is 17.1. The number of hydrogen-bond acceptors (Lipinski definition) is 2. The highest BCUT2D eigenvalue weighted by Crippen LogP contribution is 2.28. The summed E-state index contributed by atoms with van der Waals surface area (Å²) in [7, 11) is 0. The van der Waals surface area contributed by atoms with Crippen molar-refractivity contribution in [3.63, 3.8) is 0 Å². The molecular weight excluding hydrogens is 377 g/mol. The van der Waals surface area contributed by atoms with Crippen molar-refractivity contribution >= 4 is 52.1 Å². The molecule has 2 aromatic carbocycles. The molecule has 0 aliphatic carbocycles. The molecule has 0 saturated heterocycles. The van der Waals surface area contributed by atoms with Gasteiger partial charge in [0.15, 0.2) is 5.11 Å². The number of carbonyl (C=O) groups is 1. The Morgan fingerprint density at radius 2 is 1.60 bits per heavy atom. The molecule has 2 aromatic rings. The number of allylic oxidation sites excluding steroid dienone is 1. The van der Waals surface area contributed by atoms with Crippen molar-refractivity contribution in [3.8, 4) is 0 Å². The van der Waals surface area contributed by atoms with E-state index >= 15 is 0 Å². The van der Waals surface area contributed by atoms with E-state index in [-0.39, 0.29) is 11.9 Å². The van der Waals surface area contributed by atoms with Gasteiger partial charge in [0.2, 0.25) is 0 Å². The molecule has 0 unspecified atom stereocenters. The summed E-state index contributed by atoms with van der Waals surface area (Å²) in [5.41, 5.74) is 2.83. The van der Waals surface area contributed by atoms with Crippen LogP contribution < -0.4 is 16.0 Å². The molecule has 4 nitrogen and oxygen atoms in total. The first-order valence-corrected chi connectivity index (χ1v) is 8.71. The second kappa shape index (κ2) is 7.44. The molecule has 1 aliphatic heterocycles. The molecule has 0 radical (unpaired) electrons. The summed E-state index contributed by atoms with van der Waals surface area (Å²) in [4.78, 5) is 12.9. The molecule has 0 aromatic heterocycles. The number of benzene rings is 2. The maximum Gasteiger partial charge on any atom is 0.255 e. The minimum absolute atomic E-state index is 0.220. The van der Waals surface area contributed by atoms with Crippen LogP contribution in [0, 0.1) is 0 Å². The molecule has 3 N–H and O–H groups in total. The number of halogens is 2. The van der Waals surface area contributed by atoms with Crippen LogP contribution in [0.1, 0.15) is 18.5 Å². The van der Waals surface area contributed by atoms with E-state index < -0.39 is 0 Å². The number of nitrogens with one attached hydrogen (secondary N) is 3. The van der Waals surface area contributed by atoms with E-state index in [1.165, 1.54) is 0 Å². The number of anilines is 1. The molecule has 7 heteroatoms. The van der Waals surface area contributed by atoms with Gasteiger partial charge in [0.1, 0.15) is 0 Å². The van der Waals surface area contributed by atoms with Crippen molar-refractivity contribution in [3.05, 3.63) is 75.4 Å². The van der Waals surface area contributed by atoms with Gasteiger partial charge in [0.25, 0.3) is 5.91 Å². The van der Waals surface area contributed by atoms with Crippen molar-refractivity contribution in [2.75, 3.05) is 5.32 Å². The third-order valence-corrected chi connectivity index (χ3v) is 4.54. The van der Waals surface area contributed by atoms with E-state index in [1.54, 1.807) is 36.4 Å². The molecule has 1 aliphatic rings. The quantitative estimate of drug-likeness (QED) is 0.677. The van der Waals surface area contributed by atoms with Crippen LogP contribution in [0.2, 0.25) is 10.0 Å². The Kier molecular flexibility index (Phi) is 5.27. The summed E-state index contributed by atoms with van der Waals surface area (Å²) in [6.07, 6.45) is 0. The van der Waals surface area contributed by atoms with Gasteiger partial charge >= 0.3 is 0 Å². The van der Waals surface area contributed by atoms with Gasteiger partial charge in [0, 0.05) is 21.4 Å². The standard InChI is InChI=1S/C18H15Cl2N3OS/c1-10-15(17(24)22-14-8-6-13(20)7-9-14)16(23-18(25)21-10)11-2-4-12(19)5-3-11/h2-9,16H,1H3,(H,22,24)(H2,21,23,25)/t16-/m1/s1. The first kappa shape index (κ1) is 17.7.